The van der Waals surface area contributed by atoms with Gasteiger partial charge in [0.2, 0.25) is 11.8 Å². The Bertz CT molecular complexity index is 931. The fourth-order valence-electron chi connectivity index (χ4n) is 3.72. The molecule has 2 unspecified atom stereocenters. The highest BCUT2D eigenvalue weighted by atomic mass is 16.6. The van der Waals surface area contributed by atoms with E-state index >= 15 is 0 Å². The highest BCUT2D eigenvalue weighted by molar-refractivity contribution is 6.03. The molecule has 2 N–H and O–H groups in total. The number of carbonyl (C=O) groups is 2. The number of nitrogens with one attached hydrogen (secondary N) is 2. The van der Waals surface area contributed by atoms with Gasteiger partial charge in [0.15, 0.2) is 11.5 Å². The minimum atomic E-state index is -0.306. The van der Waals surface area contributed by atoms with Gasteiger partial charge in [-0.25, -0.2) is 0 Å². The lowest BCUT2D eigenvalue weighted by atomic mass is 10.0. The monoisotopic (exact) mass is 380 g/mol. The highest BCUT2D eigenvalue weighted by Gasteiger charge is 2.48. The van der Waals surface area contributed by atoms with Crippen molar-refractivity contribution in [1.82, 2.24) is 0 Å². The van der Waals surface area contributed by atoms with Gasteiger partial charge in [-0.1, -0.05) is 17.7 Å². The van der Waals surface area contributed by atoms with Crippen LogP contribution < -0.4 is 20.1 Å². The van der Waals surface area contributed by atoms with E-state index in [-0.39, 0.29) is 23.7 Å². The van der Waals surface area contributed by atoms with Gasteiger partial charge in [0.1, 0.15) is 13.2 Å². The van der Waals surface area contributed by atoms with E-state index in [9.17, 15) is 9.59 Å². The van der Waals surface area contributed by atoms with Crippen LogP contribution in [-0.2, 0) is 9.59 Å². The Morgan fingerprint density at radius 1 is 0.857 bits per heavy atom. The lowest BCUT2D eigenvalue weighted by Crippen LogP contribution is -2.21. The van der Waals surface area contributed by atoms with Crippen LogP contribution in [0.25, 0.3) is 0 Å². The van der Waals surface area contributed by atoms with Gasteiger partial charge in [-0.2, -0.15) is 0 Å². The maximum atomic E-state index is 12.6. The second-order valence-corrected chi connectivity index (χ2v) is 7.56. The lowest BCUT2D eigenvalue weighted by Gasteiger charge is -2.19. The van der Waals surface area contributed by atoms with Gasteiger partial charge in [0.05, 0.1) is 11.8 Å². The second kappa shape index (κ2) is 7.19. The van der Waals surface area contributed by atoms with Gasteiger partial charge in [-0.05, 0) is 50.5 Å². The molecule has 6 heteroatoms. The molecule has 2 aromatic carbocycles. The van der Waals surface area contributed by atoms with Crippen molar-refractivity contribution in [2.24, 2.45) is 11.8 Å². The molecule has 1 fully saturated rings. The van der Waals surface area contributed by atoms with E-state index in [0.29, 0.717) is 36.8 Å². The highest BCUT2D eigenvalue weighted by Crippen LogP contribution is 2.41. The van der Waals surface area contributed by atoms with Gasteiger partial charge < -0.3 is 20.1 Å². The molecule has 146 valence electrons. The molecule has 0 aromatic heterocycles. The summed E-state index contributed by atoms with van der Waals surface area (Å²) < 4.78 is 11.0. The number of fused-ring (bicyclic) bond motifs is 1. The molecule has 0 saturated heterocycles. The van der Waals surface area contributed by atoms with Crippen LogP contribution in [0.1, 0.15) is 23.1 Å². The first-order valence-corrected chi connectivity index (χ1v) is 9.51. The zero-order valence-corrected chi connectivity index (χ0v) is 16.3. The third-order valence-electron chi connectivity index (χ3n) is 5.20. The van der Waals surface area contributed by atoms with Crippen LogP contribution in [0.5, 0.6) is 11.5 Å². The molecule has 1 heterocycles. The van der Waals surface area contributed by atoms with Gasteiger partial charge in [0, 0.05) is 17.4 Å². The van der Waals surface area contributed by atoms with Crippen molar-refractivity contribution >= 4 is 23.2 Å². The smallest absolute Gasteiger partial charge is 0.228 e. The Morgan fingerprint density at radius 2 is 1.46 bits per heavy atom. The van der Waals surface area contributed by atoms with E-state index < -0.39 is 0 Å². The number of rotatable bonds is 4. The Balaban J connectivity index is 1.37. The zero-order valence-electron chi connectivity index (χ0n) is 16.3. The molecule has 28 heavy (non-hydrogen) atoms. The van der Waals surface area contributed by atoms with Crippen LogP contribution in [0.3, 0.4) is 0 Å². The first kappa shape index (κ1) is 18.3. The molecule has 2 aliphatic rings. The van der Waals surface area contributed by atoms with Crippen molar-refractivity contribution in [3.63, 3.8) is 0 Å². The maximum Gasteiger partial charge on any atom is 0.228 e. The average molecular weight is 380 g/mol. The molecule has 2 amide bonds. The Kier molecular flexibility index (Phi) is 4.71. The molecule has 0 radical (unpaired) electrons. The van der Waals surface area contributed by atoms with E-state index in [1.54, 1.807) is 18.2 Å². The van der Waals surface area contributed by atoms with E-state index in [1.807, 2.05) is 32.9 Å². The number of ether oxygens (including phenoxy) is 2. The quantitative estimate of drug-likeness (QED) is 0.850. The molecule has 2 atom stereocenters. The van der Waals surface area contributed by atoms with Crippen LogP contribution in [-0.4, -0.2) is 25.0 Å². The van der Waals surface area contributed by atoms with Crippen LogP contribution in [0.15, 0.2) is 30.3 Å². The van der Waals surface area contributed by atoms with E-state index in [0.717, 1.165) is 22.4 Å². The minimum absolute atomic E-state index is 0.0997. The zero-order chi connectivity index (χ0) is 19.8. The molecule has 1 aliphatic carbocycles. The van der Waals surface area contributed by atoms with Gasteiger partial charge in [0.25, 0.3) is 0 Å². The summed E-state index contributed by atoms with van der Waals surface area (Å²) in [5, 5.41) is 5.88. The van der Waals surface area contributed by atoms with Crippen LogP contribution in [0.2, 0.25) is 0 Å². The lowest BCUT2D eigenvalue weighted by molar-refractivity contribution is -0.122. The average Bonchev–Trinajstić information content (AvgIpc) is 3.45. The number of carbonyl (C=O) groups excluding carboxylic acids is 2. The van der Waals surface area contributed by atoms with Crippen molar-refractivity contribution in [3.8, 4) is 11.5 Å². The van der Waals surface area contributed by atoms with Crippen LogP contribution in [0, 0.1) is 32.6 Å². The summed E-state index contributed by atoms with van der Waals surface area (Å²) in [6, 6.07) is 9.40. The Labute approximate surface area is 164 Å². The van der Waals surface area contributed by atoms with Gasteiger partial charge in [-0.15, -0.1) is 0 Å². The van der Waals surface area contributed by atoms with Crippen molar-refractivity contribution in [2.75, 3.05) is 23.8 Å². The number of hydrogen-bond acceptors (Lipinski definition) is 4. The van der Waals surface area contributed by atoms with Crippen molar-refractivity contribution in [3.05, 3.63) is 47.0 Å². The minimum Gasteiger partial charge on any atom is -0.486 e. The fraction of sp³-hybridized carbons (Fsp3) is 0.364. The standard InChI is InChI=1S/C22H24N2O4/c1-12-8-13(2)20(14(3)9-12)24-22(26)17-11-16(17)21(25)23-15-4-5-18-19(10-15)28-7-6-27-18/h4-5,8-10,16-17H,6-7,11H2,1-3H3,(H,23,25)(H,24,26). The van der Waals surface area contributed by atoms with E-state index in [2.05, 4.69) is 10.6 Å². The predicted molar refractivity (Wildman–Crippen MR) is 107 cm³/mol. The Morgan fingerprint density at radius 3 is 2.14 bits per heavy atom. The predicted octanol–water partition coefficient (Wildman–Crippen LogP) is 3.60. The number of hydrogen-bond donors (Lipinski definition) is 2. The van der Waals surface area contributed by atoms with E-state index in [1.165, 1.54) is 0 Å². The molecule has 2 aromatic rings. The number of aryl methyl sites for hydroxylation is 3. The van der Waals surface area contributed by atoms with Gasteiger partial charge >= 0.3 is 0 Å². The fourth-order valence-corrected chi connectivity index (χ4v) is 3.72. The number of benzene rings is 2. The van der Waals surface area contributed by atoms with Crippen molar-refractivity contribution < 1.29 is 19.1 Å². The van der Waals surface area contributed by atoms with Crippen molar-refractivity contribution in [1.29, 1.82) is 0 Å². The molecule has 1 saturated carbocycles. The summed E-state index contributed by atoms with van der Waals surface area (Å²) in [4.78, 5) is 25.1. The maximum absolute atomic E-state index is 12.6. The summed E-state index contributed by atoms with van der Waals surface area (Å²) >= 11 is 0. The largest absolute Gasteiger partial charge is 0.486 e. The number of anilines is 2. The van der Waals surface area contributed by atoms with Crippen molar-refractivity contribution in [2.45, 2.75) is 27.2 Å². The third kappa shape index (κ3) is 3.67. The molecule has 1 aliphatic heterocycles. The topological polar surface area (TPSA) is 76.7 Å². The summed E-state index contributed by atoms with van der Waals surface area (Å²) in [6.45, 7) is 7.01. The number of amides is 2. The molecule has 0 bridgehead atoms. The normalized spacial score (nSPS) is 19.7. The molecule has 0 spiro atoms. The first-order chi connectivity index (χ1) is 13.4. The van der Waals surface area contributed by atoms with Gasteiger partial charge in [-0.3, -0.25) is 9.59 Å². The second-order valence-electron chi connectivity index (χ2n) is 7.56. The summed E-state index contributed by atoms with van der Waals surface area (Å²) in [7, 11) is 0. The SMILES string of the molecule is Cc1cc(C)c(NC(=O)C2CC2C(=O)Nc2ccc3c(c2)OCCO3)c(C)c1. The molecule has 4 rings (SSSR count). The van der Waals surface area contributed by atoms with E-state index in [4.69, 9.17) is 9.47 Å². The first-order valence-electron chi connectivity index (χ1n) is 9.51. The molecule has 6 nitrogen and oxygen atoms in total. The Hall–Kier alpha value is -3.02. The van der Waals surface area contributed by atoms with Crippen LogP contribution >= 0.6 is 0 Å². The molecular weight excluding hydrogens is 356 g/mol. The molecular formula is C22H24N2O4. The third-order valence-corrected chi connectivity index (χ3v) is 5.20. The summed E-state index contributed by atoms with van der Waals surface area (Å²) in [6.07, 6.45) is 0.562. The van der Waals surface area contributed by atoms with Crippen LogP contribution in [0.4, 0.5) is 11.4 Å². The summed E-state index contributed by atoms with van der Waals surface area (Å²) in [5.41, 5.74) is 4.71. The summed E-state index contributed by atoms with van der Waals surface area (Å²) in [5.74, 6) is 0.458.